The number of ketones is 1. The highest BCUT2D eigenvalue weighted by atomic mass is 35.5. The summed E-state index contributed by atoms with van der Waals surface area (Å²) in [4.78, 5) is 43.4. The number of Topliss-reactive ketones (excluding diaryl/α,β-unsaturated/α-hetero) is 1. The first-order chi connectivity index (χ1) is 18.3. The first kappa shape index (κ1) is 29.9. The fraction of sp³-hybridized carbons (Fsp3) is 0.667. The van der Waals surface area contributed by atoms with Crippen molar-refractivity contribution in [3.05, 3.63) is 33.8 Å². The second kappa shape index (κ2) is 11.4. The molecule has 3 aliphatic rings. The fourth-order valence-corrected chi connectivity index (χ4v) is 6.08. The second-order valence-corrected chi connectivity index (χ2v) is 12.0. The van der Waals surface area contributed by atoms with Gasteiger partial charge in [0.2, 0.25) is 5.91 Å². The second-order valence-electron chi connectivity index (χ2n) is 11.2. The molecule has 1 aliphatic carbocycles. The van der Waals surface area contributed by atoms with Crippen LogP contribution in [0.5, 0.6) is 0 Å². The molecule has 0 spiro atoms. The molecule has 0 aromatic heterocycles. The first-order valence-electron chi connectivity index (χ1n) is 13.3. The van der Waals surface area contributed by atoms with Crippen LogP contribution in [0.1, 0.15) is 56.9 Å². The van der Waals surface area contributed by atoms with Crippen molar-refractivity contribution in [2.75, 3.05) is 39.8 Å². The number of alkyl halides is 3. The van der Waals surface area contributed by atoms with Crippen LogP contribution in [-0.2, 0) is 14.3 Å². The van der Waals surface area contributed by atoms with Gasteiger partial charge in [-0.25, -0.2) is 4.79 Å². The summed E-state index contributed by atoms with van der Waals surface area (Å²) in [6.45, 7) is 2.96. The molecular formula is C27H34Cl2F3N3O4. The number of halogens is 5. The zero-order valence-corrected chi connectivity index (χ0v) is 23.6. The van der Waals surface area contributed by atoms with E-state index in [1.54, 1.807) is 18.2 Å². The van der Waals surface area contributed by atoms with Gasteiger partial charge in [-0.15, -0.1) is 0 Å². The summed E-state index contributed by atoms with van der Waals surface area (Å²) in [7, 11) is 1.45. The summed E-state index contributed by atoms with van der Waals surface area (Å²) < 4.78 is 42.9. The van der Waals surface area contributed by atoms with E-state index in [-0.39, 0.29) is 30.1 Å². The van der Waals surface area contributed by atoms with Crippen molar-refractivity contribution in [3.8, 4) is 0 Å². The number of ether oxygens (including phenoxy) is 1. The monoisotopic (exact) mass is 591 g/mol. The summed E-state index contributed by atoms with van der Waals surface area (Å²) in [6.07, 6.45) is -3.98. The van der Waals surface area contributed by atoms with E-state index in [1.165, 1.54) is 11.9 Å². The maximum Gasteiger partial charge on any atom is 0.410 e. The van der Waals surface area contributed by atoms with Crippen molar-refractivity contribution < 1.29 is 32.3 Å². The molecule has 2 aliphatic heterocycles. The van der Waals surface area contributed by atoms with E-state index in [2.05, 4.69) is 5.32 Å². The van der Waals surface area contributed by atoms with Crippen molar-refractivity contribution >= 4 is 41.0 Å². The number of likely N-dealkylation sites (tertiary alicyclic amines) is 1. The van der Waals surface area contributed by atoms with Gasteiger partial charge in [0.15, 0.2) is 5.78 Å². The number of piperidine rings is 1. The molecule has 0 bridgehead atoms. The molecule has 0 radical (unpaired) electrons. The number of nitrogens with one attached hydrogen (secondary N) is 1. The topological polar surface area (TPSA) is 79.0 Å². The third-order valence-corrected chi connectivity index (χ3v) is 9.20. The van der Waals surface area contributed by atoms with Gasteiger partial charge >= 0.3 is 12.3 Å². The van der Waals surface area contributed by atoms with Crippen molar-refractivity contribution in [2.24, 2.45) is 11.3 Å². The molecule has 2 atom stereocenters. The molecule has 2 heterocycles. The lowest BCUT2D eigenvalue weighted by Crippen LogP contribution is -2.62. The highest BCUT2D eigenvalue weighted by molar-refractivity contribution is 6.42. The number of rotatable bonds is 8. The molecule has 3 fully saturated rings. The zero-order chi connectivity index (χ0) is 28.6. The maximum absolute atomic E-state index is 14.4. The number of hydrogen-bond acceptors (Lipinski definition) is 5. The first-order valence-corrected chi connectivity index (χ1v) is 14.0. The van der Waals surface area contributed by atoms with Crippen LogP contribution in [0.15, 0.2) is 18.2 Å². The Morgan fingerprint density at radius 1 is 1.15 bits per heavy atom. The molecule has 1 saturated carbocycles. The van der Waals surface area contributed by atoms with E-state index in [1.807, 2.05) is 11.8 Å². The average molecular weight is 592 g/mol. The van der Waals surface area contributed by atoms with Gasteiger partial charge in [-0.1, -0.05) is 36.2 Å². The SMILES string of the molecule is CN(C(=O)OCCCC(F)(F)F)[C@]1(C(=O)C2CCN(C(=O)C3(C)CC3)CC2)CNC[C@H]1c1ccc(Cl)c(Cl)c1. The minimum atomic E-state index is -4.35. The number of carbonyl (C=O) groups is 3. The van der Waals surface area contributed by atoms with Gasteiger partial charge in [0.25, 0.3) is 0 Å². The lowest BCUT2D eigenvalue weighted by molar-refractivity contribution is -0.142. The minimum absolute atomic E-state index is 0.124. The fourth-order valence-electron chi connectivity index (χ4n) is 5.77. The summed E-state index contributed by atoms with van der Waals surface area (Å²) in [5.74, 6) is -0.953. The van der Waals surface area contributed by atoms with Crippen LogP contribution in [0.2, 0.25) is 10.0 Å². The molecule has 39 heavy (non-hydrogen) atoms. The van der Waals surface area contributed by atoms with Gasteiger partial charge in [0, 0.05) is 56.9 Å². The molecule has 4 rings (SSSR count). The van der Waals surface area contributed by atoms with Crippen LogP contribution in [0.3, 0.4) is 0 Å². The van der Waals surface area contributed by atoms with E-state index in [0.29, 0.717) is 48.1 Å². The molecule has 7 nitrogen and oxygen atoms in total. The van der Waals surface area contributed by atoms with Crippen LogP contribution in [-0.4, -0.2) is 79.1 Å². The molecular weight excluding hydrogens is 558 g/mol. The van der Waals surface area contributed by atoms with Crippen molar-refractivity contribution in [2.45, 2.75) is 63.1 Å². The lowest BCUT2D eigenvalue weighted by Gasteiger charge is -2.44. The van der Waals surface area contributed by atoms with Gasteiger partial charge in [0.1, 0.15) is 5.54 Å². The standard InChI is InChI=1S/C27H34Cl2F3N3O4/c1-25(9-10-25)23(37)35-11-6-17(7-12-35)22(36)26(34(2)24(38)39-13-3-8-27(30,31)32)16-33-15-19(26)18-4-5-20(28)21(29)14-18/h4-5,14,17,19,33H,3,6-13,15-16H2,1-2H3/t19-,26+/m0/s1. The summed E-state index contributed by atoms with van der Waals surface area (Å²) in [5.41, 5.74) is -0.950. The maximum atomic E-state index is 14.4. The molecule has 2 amide bonds. The predicted molar refractivity (Wildman–Crippen MR) is 141 cm³/mol. The Hall–Kier alpha value is -2.04. The smallest absolute Gasteiger partial charge is 0.410 e. The van der Waals surface area contributed by atoms with Crippen LogP contribution in [0.4, 0.5) is 18.0 Å². The quantitative estimate of drug-likeness (QED) is 0.407. The number of hydrogen-bond donors (Lipinski definition) is 1. The van der Waals surface area contributed by atoms with Crippen molar-refractivity contribution in [1.29, 1.82) is 0 Å². The Kier molecular flexibility index (Phi) is 8.79. The van der Waals surface area contributed by atoms with Crippen molar-refractivity contribution in [3.63, 3.8) is 0 Å². The minimum Gasteiger partial charge on any atom is -0.449 e. The third kappa shape index (κ3) is 6.33. The molecule has 1 aromatic rings. The molecule has 1 N–H and O–H groups in total. The van der Waals surface area contributed by atoms with E-state index in [9.17, 15) is 27.6 Å². The Bertz CT molecular complexity index is 1110. The molecule has 0 unspecified atom stereocenters. The summed E-state index contributed by atoms with van der Waals surface area (Å²) in [6, 6.07) is 5.06. The third-order valence-electron chi connectivity index (χ3n) is 8.46. The van der Waals surface area contributed by atoms with Gasteiger partial charge in [-0.3, -0.25) is 14.5 Å². The highest BCUT2D eigenvalue weighted by Crippen LogP contribution is 2.47. The molecule has 216 valence electrons. The largest absolute Gasteiger partial charge is 0.449 e. The van der Waals surface area contributed by atoms with Crippen LogP contribution >= 0.6 is 23.2 Å². The van der Waals surface area contributed by atoms with Gasteiger partial charge in [-0.05, 0) is 49.8 Å². The average Bonchev–Trinajstić information content (AvgIpc) is 3.49. The van der Waals surface area contributed by atoms with Crippen LogP contribution in [0.25, 0.3) is 0 Å². The Labute approximate surface area is 236 Å². The molecule has 2 saturated heterocycles. The number of amides is 2. The van der Waals surface area contributed by atoms with E-state index in [4.69, 9.17) is 27.9 Å². The number of nitrogens with zero attached hydrogens (tertiary/aromatic N) is 2. The number of benzene rings is 1. The van der Waals surface area contributed by atoms with Gasteiger partial charge in [0.05, 0.1) is 16.7 Å². The van der Waals surface area contributed by atoms with Crippen LogP contribution in [0, 0.1) is 11.3 Å². The number of carbonyl (C=O) groups excluding carboxylic acids is 3. The zero-order valence-electron chi connectivity index (χ0n) is 22.1. The highest BCUT2D eigenvalue weighted by Gasteiger charge is 2.57. The Morgan fingerprint density at radius 2 is 1.82 bits per heavy atom. The van der Waals surface area contributed by atoms with E-state index in [0.717, 1.165) is 12.8 Å². The predicted octanol–water partition coefficient (Wildman–Crippen LogP) is 5.44. The van der Waals surface area contributed by atoms with Crippen LogP contribution < -0.4 is 5.32 Å². The summed E-state index contributed by atoms with van der Waals surface area (Å²) in [5, 5.41) is 3.89. The van der Waals surface area contributed by atoms with E-state index < -0.39 is 42.7 Å². The molecule has 1 aromatic carbocycles. The van der Waals surface area contributed by atoms with Gasteiger partial charge in [-0.2, -0.15) is 13.2 Å². The molecule has 12 heteroatoms. The lowest BCUT2D eigenvalue weighted by atomic mass is 9.72. The Balaban J connectivity index is 1.56. The Morgan fingerprint density at radius 3 is 2.41 bits per heavy atom. The number of likely N-dealkylation sites (N-methyl/N-ethyl adjacent to an activating group) is 1. The normalized spacial score (nSPS) is 24.9. The van der Waals surface area contributed by atoms with Gasteiger partial charge < -0.3 is 15.0 Å². The van der Waals surface area contributed by atoms with E-state index >= 15 is 0 Å². The van der Waals surface area contributed by atoms with Crippen molar-refractivity contribution in [1.82, 2.24) is 15.1 Å². The summed E-state index contributed by atoms with van der Waals surface area (Å²) >= 11 is 12.4.